The number of carbonyl (C=O) groups is 1. The van der Waals surface area contributed by atoms with Gasteiger partial charge in [-0.25, -0.2) is 0 Å². The average Bonchev–Trinajstić information content (AvgIpc) is 2.02. The fraction of sp³-hybridized carbons (Fsp3) is 0.875. The number of rotatable bonds is 4. The van der Waals surface area contributed by atoms with Gasteiger partial charge in [-0.05, 0) is 19.8 Å². The second kappa shape index (κ2) is 5.42. The maximum atomic E-state index is 11.0. The summed E-state index contributed by atoms with van der Waals surface area (Å²) in [5.74, 6) is -0.302. The lowest BCUT2D eigenvalue weighted by molar-refractivity contribution is -0.147. The molecular formula is C8H15ClO2. The van der Waals surface area contributed by atoms with Gasteiger partial charge in [0.25, 0.3) is 0 Å². The van der Waals surface area contributed by atoms with E-state index in [-0.39, 0.29) is 12.1 Å². The molecule has 0 bridgehead atoms. The molecule has 0 aliphatic rings. The van der Waals surface area contributed by atoms with Gasteiger partial charge in [0.1, 0.15) is 5.38 Å². The highest BCUT2D eigenvalue weighted by molar-refractivity contribution is 6.29. The second-order valence-corrected chi connectivity index (χ2v) is 3.06. The Morgan fingerprint density at radius 3 is 2.36 bits per heavy atom. The normalized spacial score (nSPS) is 15.6. The molecule has 2 unspecified atom stereocenters. The summed E-state index contributed by atoms with van der Waals surface area (Å²) >= 11 is 5.64. The van der Waals surface area contributed by atoms with Gasteiger partial charge in [0.05, 0.1) is 6.10 Å². The first kappa shape index (κ1) is 10.8. The van der Waals surface area contributed by atoms with E-state index >= 15 is 0 Å². The van der Waals surface area contributed by atoms with Crippen molar-refractivity contribution < 1.29 is 9.53 Å². The molecule has 0 aromatic rings. The Bertz CT molecular complexity index is 125. The molecular weight excluding hydrogens is 164 g/mol. The third-order valence-electron chi connectivity index (χ3n) is 1.51. The lowest BCUT2D eigenvalue weighted by atomic mass is 10.3. The van der Waals surface area contributed by atoms with Crippen LogP contribution in [0.25, 0.3) is 0 Å². The minimum Gasteiger partial charge on any atom is -0.462 e. The van der Waals surface area contributed by atoms with Crippen LogP contribution in [0.4, 0.5) is 0 Å². The summed E-state index contributed by atoms with van der Waals surface area (Å²) in [6.45, 7) is 5.68. The van der Waals surface area contributed by atoms with E-state index in [1.54, 1.807) is 0 Å². The van der Waals surface area contributed by atoms with Gasteiger partial charge < -0.3 is 4.74 Å². The molecule has 2 nitrogen and oxygen atoms in total. The van der Waals surface area contributed by atoms with E-state index in [0.29, 0.717) is 6.42 Å². The molecule has 66 valence electrons. The summed E-state index contributed by atoms with van der Waals surface area (Å²) in [6, 6.07) is 0. The topological polar surface area (TPSA) is 26.3 Å². The van der Waals surface area contributed by atoms with Crippen LogP contribution in [-0.2, 0) is 9.53 Å². The van der Waals surface area contributed by atoms with Crippen molar-refractivity contribution in [2.75, 3.05) is 0 Å². The van der Waals surface area contributed by atoms with Crippen LogP contribution in [0.15, 0.2) is 0 Å². The van der Waals surface area contributed by atoms with Gasteiger partial charge in [0.2, 0.25) is 0 Å². The number of halogens is 1. The molecule has 11 heavy (non-hydrogen) atoms. The molecule has 0 aromatic carbocycles. The molecule has 0 fully saturated rings. The van der Waals surface area contributed by atoms with Crippen LogP contribution < -0.4 is 0 Å². The van der Waals surface area contributed by atoms with Crippen LogP contribution in [0.5, 0.6) is 0 Å². The van der Waals surface area contributed by atoms with E-state index in [4.69, 9.17) is 16.3 Å². The first-order valence-corrected chi connectivity index (χ1v) is 4.40. The van der Waals surface area contributed by atoms with Gasteiger partial charge in [0.15, 0.2) is 0 Å². The number of esters is 1. The van der Waals surface area contributed by atoms with Crippen molar-refractivity contribution in [1.29, 1.82) is 0 Å². The SMILES string of the molecule is CCC(C)OC(=O)C(Cl)CC. The van der Waals surface area contributed by atoms with Crippen molar-refractivity contribution in [3.8, 4) is 0 Å². The van der Waals surface area contributed by atoms with E-state index < -0.39 is 5.38 Å². The predicted molar refractivity (Wildman–Crippen MR) is 45.8 cm³/mol. The molecule has 0 aromatic heterocycles. The molecule has 0 saturated heterocycles. The Balaban J connectivity index is 3.68. The highest BCUT2D eigenvalue weighted by Gasteiger charge is 2.16. The van der Waals surface area contributed by atoms with Crippen LogP contribution in [-0.4, -0.2) is 17.5 Å². The molecule has 0 heterocycles. The van der Waals surface area contributed by atoms with Crippen LogP contribution in [0, 0.1) is 0 Å². The molecule has 2 atom stereocenters. The quantitative estimate of drug-likeness (QED) is 0.488. The van der Waals surface area contributed by atoms with Gasteiger partial charge in [-0.1, -0.05) is 13.8 Å². The Kier molecular flexibility index (Phi) is 5.30. The lowest BCUT2D eigenvalue weighted by Crippen LogP contribution is -2.21. The third-order valence-corrected chi connectivity index (χ3v) is 1.99. The molecule has 0 radical (unpaired) electrons. The molecule has 0 aliphatic heterocycles. The van der Waals surface area contributed by atoms with Gasteiger partial charge in [0, 0.05) is 0 Å². The summed E-state index contributed by atoms with van der Waals surface area (Å²) in [5, 5.41) is -0.482. The molecule has 0 N–H and O–H groups in total. The van der Waals surface area contributed by atoms with Crippen molar-refractivity contribution in [1.82, 2.24) is 0 Å². The molecule has 0 aliphatic carbocycles. The minimum atomic E-state index is -0.482. The fourth-order valence-corrected chi connectivity index (χ4v) is 0.574. The Morgan fingerprint density at radius 1 is 1.45 bits per heavy atom. The van der Waals surface area contributed by atoms with E-state index in [1.807, 2.05) is 20.8 Å². The van der Waals surface area contributed by atoms with Crippen LogP contribution in [0.3, 0.4) is 0 Å². The van der Waals surface area contributed by atoms with Gasteiger partial charge in [-0.15, -0.1) is 11.6 Å². The zero-order valence-electron chi connectivity index (χ0n) is 7.26. The van der Waals surface area contributed by atoms with Crippen LogP contribution >= 0.6 is 11.6 Å². The fourth-order valence-electron chi connectivity index (χ4n) is 0.522. The summed E-state index contributed by atoms with van der Waals surface area (Å²) < 4.78 is 4.98. The maximum absolute atomic E-state index is 11.0. The number of hydrogen-bond acceptors (Lipinski definition) is 2. The van der Waals surface area contributed by atoms with Crippen molar-refractivity contribution in [2.45, 2.75) is 45.1 Å². The number of ether oxygens (including phenoxy) is 1. The molecule has 0 spiro atoms. The molecule has 0 saturated carbocycles. The highest BCUT2D eigenvalue weighted by atomic mass is 35.5. The van der Waals surface area contributed by atoms with E-state index in [9.17, 15) is 4.79 Å². The summed E-state index contributed by atoms with van der Waals surface area (Å²) in [7, 11) is 0. The first-order valence-electron chi connectivity index (χ1n) is 3.96. The number of hydrogen-bond donors (Lipinski definition) is 0. The van der Waals surface area contributed by atoms with Crippen molar-refractivity contribution in [2.24, 2.45) is 0 Å². The van der Waals surface area contributed by atoms with Crippen molar-refractivity contribution in [3.05, 3.63) is 0 Å². The van der Waals surface area contributed by atoms with Gasteiger partial charge in [-0.2, -0.15) is 0 Å². The Hall–Kier alpha value is -0.240. The monoisotopic (exact) mass is 178 g/mol. The van der Waals surface area contributed by atoms with E-state index in [0.717, 1.165) is 6.42 Å². The molecule has 0 amide bonds. The summed E-state index contributed by atoms with van der Waals surface area (Å²) in [6.07, 6.45) is 1.44. The Labute approximate surface area is 72.9 Å². The average molecular weight is 179 g/mol. The number of carbonyl (C=O) groups excluding carboxylic acids is 1. The predicted octanol–water partition coefficient (Wildman–Crippen LogP) is 2.35. The van der Waals surface area contributed by atoms with Crippen LogP contribution in [0.1, 0.15) is 33.6 Å². The minimum absolute atomic E-state index is 0.0182. The zero-order chi connectivity index (χ0) is 8.85. The summed E-state index contributed by atoms with van der Waals surface area (Å²) in [5.41, 5.74) is 0. The second-order valence-electron chi connectivity index (χ2n) is 2.53. The Morgan fingerprint density at radius 2 is 2.00 bits per heavy atom. The third kappa shape index (κ3) is 4.25. The lowest BCUT2D eigenvalue weighted by Gasteiger charge is -2.12. The van der Waals surface area contributed by atoms with Crippen molar-refractivity contribution >= 4 is 17.6 Å². The van der Waals surface area contributed by atoms with Crippen molar-refractivity contribution in [3.63, 3.8) is 0 Å². The largest absolute Gasteiger partial charge is 0.462 e. The standard InChI is InChI=1S/C8H15ClO2/c1-4-6(3)11-8(10)7(9)5-2/h6-7H,4-5H2,1-3H3. The maximum Gasteiger partial charge on any atom is 0.324 e. The molecule has 0 rings (SSSR count). The molecule has 3 heteroatoms. The number of alkyl halides is 1. The van der Waals surface area contributed by atoms with Crippen LogP contribution in [0.2, 0.25) is 0 Å². The van der Waals surface area contributed by atoms with Gasteiger partial charge >= 0.3 is 5.97 Å². The zero-order valence-corrected chi connectivity index (χ0v) is 8.02. The first-order chi connectivity index (χ1) is 5.11. The summed E-state index contributed by atoms with van der Waals surface area (Å²) in [4.78, 5) is 11.0. The van der Waals surface area contributed by atoms with E-state index in [2.05, 4.69) is 0 Å². The van der Waals surface area contributed by atoms with E-state index in [1.165, 1.54) is 0 Å². The highest BCUT2D eigenvalue weighted by Crippen LogP contribution is 2.06. The smallest absolute Gasteiger partial charge is 0.324 e. The van der Waals surface area contributed by atoms with Gasteiger partial charge in [-0.3, -0.25) is 4.79 Å².